The van der Waals surface area contributed by atoms with E-state index in [2.05, 4.69) is 30.9 Å². The first kappa shape index (κ1) is 19.1. The molecule has 0 fully saturated rings. The van der Waals surface area contributed by atoms with Crippen LogP contribution in [0.5, 0.6) is 0 Å². The summed E-state index contributed by atoms with van der Waals surface area (Å²) in [7, 11) is 0. The van der Waals surface area contributed by atoms with Gasteiger partial charge in [-0.1, -0.05) is 24.3 Å². The number of nitrogens with one attached hydrogen (secondary N) is 3. The number of hydrogen-bond acceptors (Lipinski definition) is 7. The molecular weight excluding hydrogens is 354 g/mol. The van der Waals surface area contributed by atoms with Crippen molar-refractivity contribution < 1.29 is 4.79 Å². The van der Waals surface area contributed by atoms with Crippen LogP contribution in [0.15, 0.2) is 48.5 Å². The zero-order chi connectivity index (χ0) is 19.9. The van der Waals surface area contributed by atoms with Crippen LogP contribution in [0.4, 0.5) is 23.3 Å². The quantitative estimate of drug-likeness (QED) is 0.467. The molecule has 5 N–H and O–H groups in total. The van der Waals surface area contributed by atoms with Crippen molar-refractivity contribution in [2.24, 2.45) is 0 Å². The van der Waals surface area contributed by atoms with Gasteiger partial charge in [-0.25, -0.2) is 0 Å². The molecule has 0 unspecified atom stereocenters. The highest BCUT2D eigenvalue weighted by Gasteiger charge is 2.11. The number of nitrogen functional groups attached to an aromatic ring is 1. The molecule has 3 rings (SSSR count). The fraction of sp³-hybridized carbons (Fsp3) is 0.200. The molecule has 2 aromatic carbocycles. The summed E-state index contributed by atoms with van der Waals surface area (Å²) >= 11 is 0. The molecule has 0 spiro atoms. The summed E-state index contributed by atoms with van der Waals surface area (Å²) in [5.41, 5.74) is 8.28. The molecule has 1 aromatic heterocycles. The Morgan fingerprint density at radius 3 is 2.07 bits per heavy atom. The van der Waals surface area contributed by atoms with Crippen LogP contribution >= 0.6 is 0 Å². The Bertz CT molecular complexity index is 933. The van der Waals surface area contributed by atoms with Gasteiger partial charge >= 0.3 is 0 Å². The second kappa shape index (κ2) is 8.81. The van der Waals surface area contributed by atoms with Crippen LogP contribution in [0.3, 0.4) is 0 Å². The molecule has 0 radical (unpaired) electrons. The molecule has 1 amide bonds. The monoisotopic (exact) mass is 377 g/mol. The largest absolute Gasteiger partial charge is 0.397 e. The molecule has 0 saturated heterocycles. The summed E-state index contributed by atoms with van der Waals surface area (Å²) in [5.74, 6) is 1.30. The minimum Gasteiger partial charge on any atom is -0.397 e. The van der Waals surface area contributed by atoms with Crippen molar-refractivity contribution in [2.45, 2.75) is 13.8 Å². The fourth-order valence-electron chi connectivity index (χ4n) is 2.56. The van der Waals surface area contributed by atoms with E-state index in [0.29, 0.717) is 47.7 Å². The number of benzene rings is 2. The van der Waals surface area contributed by atoms with Crippen LogP contribution in [-0.4, -0.2) is 33.9 Å². The van der Waals surface area contributed by atoms with Crippen LogP contribution in [-0.2, 0) is 0 Å². The predicted octanol–water partition coefficient (Wildman–Crippen LogP) is 3.24. The van der Waals surface area contributed by atoms with Gasteiger partial charge in [0.25, 0.3) is 5.91 Å². The maximum Gasteiger partial charge on any atom is 0.255 e. The smallest absolute Gasteiger partial charge is 0.255 e. The van der Waals surface area contributed by atoms with Crippen molar-refractivity contribution in [1.29, 1.82) is 0 Å². The third-order valence-corrected chi connectivity index (χ3v) is 3.92. The number of para-hydroxylation sites is 2. The van der Waals surface area contributed by atoms with Gasteiger partial charge in [0, 0.05) is 24.2 Å². The first-order chi connectivity index (χ1) is 13.6. The van der Waals surface area contributed by atoms with Gasteiger partial charge in [0.1, 0.15) is 0 Å². The maximum atomic E-state index is 12.5. The lowest BCUT2D eigenvalue weighted by Gasteiger charge is -2.10. The Labute approximate surface area is 163 Å². The lowest BCUT2D eigenvalue weighted by atomic mass is 10.1. The molecule has 0 atom stereocenters. The molecule has 3 aromatic rings. The van der Waals surface area contributed by atoms with Crippen molar-refractivity contribution in [1.82, 2.24) is 15.0 Å². The van der Waals surface area contributed by atoms with Gasteiger partial charge in [-0.15, -0.1) is 0 Å². The second-order valence-corrected chi connectivity index (χ2v) is 5.99. The summed E-state index contributed by atoms with van der Waals surface area (Å²) in [6.45, 7) is 5.36. The number of carbonyl (C=O) groups is 1. The van der Waals surface area contributed by atoms with E-state index < -0.39 is 0 Å². The van der Waals surface area contributed by atoms with Gasteiger partial charge in [0.2, 0.25) is 11.9 Å². The molecule has 28 heavy (non-hydrogen) atoms. The Kier molecular flexibility index (Phi) is 6.01. The van der Waals surface area contributed by atoms with E-state index in [-0.39, 0.29) is 5.91 Å². The van der Waals surface area contributed by atoms with E-state index in [1.807, 2.05) is 38.1 Å². The van der Waals surface area contributed by atoms with Gasteiger partial charge in [-0.05, 0) is 38.1 Å². The number of carbonyl (C=O) groups excluding carboxylic acids is 1. The second-order valence-electron chi connectivity index (χ2n) is 5.99. The van der Waals surface area contributed by atoms with Crippen molar-refractivity contribution >= 4 is 29.2 Å². The van der Waals surface area contributed by atoms with E-state index in [1.165, 1.54) is 0 Å². The third kappa shape index (κ3) is 4.53. The van der Waals surface area contributed by atoms with E-state index in [9.17, 15) is 4.79 Å². The summed E-state index contributed by atoms with van der Waals surface area (Å²) < 4.78 is 0. The molecule has 144 valence electrons. The number of nitrogens with two attached hydrogens (primary N) is 1. The first-order valence-electron chi connectivity index (χ1n) is 9.10. The van der Waals surface area contributed by atoms with Gasteiger partial charge in [-0.3, -0.25) is 4.79 Å². The zero-order valence-electron chi connectivity index (χ0n) is 15.9. The highest BCUT2D eigenvalue weighted by atomic mass is 16.1. The van der Waals surface area contributed by atoms with Crippen LogP contribution in [0, 0.1) is 0 Å². The Morgan fingerprint density at radius 1 is 0.893 bits per heavy atom. The minimum absolute atomic E-state index is 0.234. The molecule has 0 aliphatic rings. The Morgan fingerprint density at radius 2 is 1.50 bits per heavy atom. The first-order valence-corrected chi connectivity index (χ1v) is 9.10. The third-order valence-electron chi connectivity index (χ3n) is 3.92. The molecule has 1 heterocycles. The predicted molar refractivity (Wildman–Crippen MR) is 112 cm³/mol. The van der Waals surface area contributed by atoms with Crippen LogP contribution in [0.1, 0.15) is 24.2 Å². The number of rotatable bonds is 7. The van der Waals surface area contributed by atoms with Crippen molar-refractivity contribution in [3.63, 3.8) is 0 Å². The van der Waals surface area contributed by atoms with Crippen LogP contribution in [0.2, 0.25) is 0 Å². The number of anilines is 4. The van der Waals surface area contributed by atoms with Crippen molar-refractivity contribution in [2.75, 3.05) is 34.8 Å². The van der Waals surface area contributed by atoms with Gasteiger partial charge in [0.15, 0.2) is 5.82 Å². The summed E-state index contributed by atoms with van der Waals surface area (Å²) in [6.07, 6.45) is 0. The SMILES string of the molecule is CCNc1nc(NCC)nc(-c2ccc(C(=O)Nc3ccccc3N)cc2)n1. The number of hydrogen-bond donors (Lipinski definition) is 4. The van der Waals surface area contributed by atoms with Gasteiger partial charge in [0.05, 0.1) is 11.4 Å². The van der Waals surface area contributed by atoms with E-state index in [4.69, 9.17) is 5.73 Å². The minimum atomic E-state index is -0.234. The molecule has 0 bridgehead atoms. The van der Waals surface area contributed by atoms with Crippen molar-refractivity contribution in [3.05, 3.63) is 54.1 Å². The van der Waals surface area contributed by atoms with Crippen LogP contribution < -0.4 is 21.7 Å². The Balaban J connectivity index is 1.82. The molecular formula is C20H23N7O. The topological polar surface area (TPSA) is 118 Å². The van der Waals surface area contributed by atoms with E-state index in [0.717, 1.165) is 5.56 Å². The maximum absolute atomic E-state index is 12.5. The Hall–Kier alpha value is -3.68. The lowest BCUT2D eigenvalue weighted by molar-refractivity contribution is 0.102. The van der Waals surface area contributed by atoms with Gasteiger partial charge in [-0.2, -0.15) is 15.0 Å². The van der Waals surface area contributed by atoms with Crippen molar-refractivity contribution in [3.8, 4) is 11.4 Å². The van der Waals surface area contributed by atoms with E-state index >= 15 is 0 Å². The number of nitrogens with zero attached hydrogens (tertiary/aromatic N) is 3. The standard InChI is InChI=1S/C20H23N7O/c1-3-22-19-25-17(26-20(27-19)23-4-2)13-9-11-14(12-10-13)18(28)24-16-8-6-5-7-15(16)21/h5-12H,3-4,21H2,1-2H3,(H,24,28)(H2,22,23,25,26,27). The molecule has 8 heteroatoms. The normalized spacial score (nSPS) is 10.4. The fourth-order valence-corrected chi connectivity index (χ4v) is 2.56. The average molecular weight is 377 g/mol. The summed E-state index contributed by atoms with van der Waals surface area (Å²) in [6, 6.07) is 14.2. The molecule has 0 saturated carbocycles. The molecule has 0 aliphatic carbocycles. The summed E-state index contributed by atoms with van der Waals surface area (Å²) in [4.78, 5) is 25.7. The highest BCUT2D eigenvalue weighted by molar-refractivity contribution is 6.05. The summed E-state index contributed by atoms with van der Waals surface area (Å²) in [5, 5.41) is 9.01. The number of amides is 1. The average Bonchev–Trinajstić information content (AvgIpc) is 2.70. The zero-order valence-corrected chi connectivity index (χ0v) is 15.9. The van der Waals surface area contributed by atoms with E-state index in [1.54, 1.807) is 24.3 Å². The number of aromatic nitrogens is 3. The van der Waals surface area contributed by atoms with Crippen LogP contribution in [0.25, 0.3) is 11.4 Å². The van der Waals surface area contributed by atoms with Gasteiger partial charge < -0.3 is 21.7 Å². The molecule has 0 aliphatic heterocycles. The lowest BCUT2D eigenvalue weighted by Crippen LogP contribution is -2.13. The highest BCUT2D eigenvalue weighted by Crippen LogP contribution is 2.21. The molecule has 8 nitrogen and oxygen atoms in total.